The quantitative estimate of drug-likeness (QED) is 0.219. The normalized spacial score (nSPS) is 14.8. The highest BCUT2D eigenvalue weighted by Crippen LogP contribution is 2.49. The number of amides is 1. The predicted octanol–water partition coefficient (Wildman–Crippen LogP) is 4.30. The second-order valence-corrected chi connectivity index (χ2v) is 7.45. The lowest BCUT2D eigenvalue weighted by molar-refractivity contribution is -0.355. The number of esters is 1. The molecule has 1 aromatic carbocycles. The highest BCUT2D eigenvalue weighted by Gasteiger charge is 2.73. The van der Waals surface area contributed by atoms with Gasteiger partial charge in [-0.15, -0.1) is 0 Å². The smallest absolute Gasteiger partial charge is 0.459 e. The largest absolute Gasteiger partial charge is 0.464 e. The molecule has 0 saturated carbocycles. The van der Waals surface area contributed by atoms with Crippen molar-refractivity contribution >= 4 is 34.5 Å². The van der Waals surface area contributed by atoms with Crippen molar-refractivity contribution in [2.75, 3.05) is 6.61 Å². The second kappa shape index (κ2) is 9.94. The average molecular weight is 543 g/mol. The van der Waals surface area contributed by atoms with Crippen LogP contribution in [0.25, 0.3) is 0 Å². The number of rotatable bonds is 9. The van der Waals surface area contributed by atoms with Gasteiger partial charge in [-0.3, -0.25) is 4.79 Å². The molecule has 0 aliphatic heterocycles. The van der Waals surface area contributed by atoms with E-state index in [2.05, 4.69) is 5.32 Å². The van der Waals surface area contributed by atoms with Crippen molar-refractivity contribution in [2.24, 2.45) is 0 Å². The average Bonchev–Trinajstić information content (AvgIpc) is 2.60. The molecule has 1 unspecified atom stereocenters. The van der Waals surface area contributed by atoms with Crippen LogP contribution in [-0.2, 0) is 20.7 Å². The minimum atomic E-state index is -6.48. The Bertz CT molecular complexity index is 698. The van der Waals surface area contributed by atoms with Gasteiger partial charge in [-0.05, 0) is 12.5 Å². The Morgan fingerprint density at radius 2 is 1.62 bits per heavy atom. The zero-order chi connectivity index (χ0) is 22.5. The molecule has 0 radical (unpaired) electrons. The maximum atomic E-state index is 13.5. The number of hydrogen-bond acceptors (Lipinski definition) is 3. The minimum absolute atomic E-state index is 0.0521. The minimum Gasteiger partial charge on any atom is -0.464 e. The standard InChI is InChI=1S/C17H17F7INO3/c1-2-29-14(28)12(8-10-6-4-3-5-7-10)26-13(27)11(25)9-15(18,19)16(20,21)17(22,23)24/h3-7,11-12H,2,8-9H2,1H3,(H,26,27)/t11?,12-/m0/s1. The number of halogens is 8. The van der Waals surface area contributed by atoms with E-state index < -0.39 is 46.3 Å². The van der Waals surface area contributed by atoms with Crippen LogP contribution in [0.3, 0.4) is 0 Å². The van der Waals surface area contributed by atoms with Crippen molar-refractivity contribution in [3.8, 4) is 0 Å². The third kappa shape index (κ3) is 6.71. The van der Waals surface area contributed by atoms with Gasteiger partial charge in [0.15, 0.2) is 0 Å². The van der Waals surface area contributed by atoms with E-state index in [0.717, 1.165) is 22.6 Å². The lowest BCUT2D eigenvalue weighted by atomic mass is 10.0. The summed E-state index contributed by atoms with van der Waals surface area (Å²) in [6.45, 7) is 1.43. The van der Waals surface area contributed by atoms with Crippen molar-refractivity contribution in [3.63, 3.8) is 0 Å². The molecule has 1 amide bonds. The molecule has 1 rings (SSSR count). The summed E-state index contributed by atoms with van der Waals surface area (Å²) in [5, 5.41) is 2.08. The topological polar surface area (TPSA) is 55.4 Å². The van der Waals surface area contributed by atoms with Gasteiger partial charge in [-0.2, -0.15) is 30.7 Å². The van der Waals surface area contributed by atoms with Crippen LogP contribution in [0.2, 0.25) is 0 Å². The van der Waals surface area contributed by atoms with Crippen LogP contribution in [0, 0.1) is 0 Å². The van der Waals surface area contributed by atoms with E-state index in [1.54, 1.807) is 30.3 Å². The first-order valence-corrected chi connectivity index (χ1v) is 9.45. The Morgan fingerprint density at radius 1 is 1.07 bits per heavy atom. The molecular formula is C17H17F7INO3. The number of carbonyl (C=O) groups excluding carboxylic acids is 2. The molecule has 2 atom stereocenters. The van der Waals surface area contributed by atoms with E-state index in [1.807, 2.05) is 0 Å². The molecule has 0 saturated heterocycles. The van der Waals surface area contributed by atoms with Gasteiger partial charge in [-0.25, -0.2) is 4.79 Å². The molecule has 0 bridgehead atoms. The fourth-order valence-corrected chi connectivity index (χ4v) is 2.93. The lowest BCUT2D eigenvalue weighted by Crippen LogP contribution is -2.54. The van der Waals surface area contributed by atoms with Gasteiger partial charge in [0, 0.05) is 12.8 Å². The van der Waals surface area contributed by atoms with Crippen molar-refractivity contribution in [1.82, 2.24) is 5.32 Å². The number of nitrogens with one attached hydrogen (secondary N) is 1. The summed E-state index contributed by atoms with van der Waals surface area (Å²) in [4.78, 5) is 24.1. The monoisotopic (exact) mass is 543 g/mol. The van der Waals surface area contributed by atoms with Crippen LogP contribution < -0.4 is 5.32 Å². The van der Waals surface area contributed by atoms with Gasteiger partial charge in [0.25, 0.3) is 0 Å². The van der Waals surface area contributed by atoms with Gasteiger partial charge in [0.2, 0.25) is 5.91 Å². The zero-order valence-electron chi connectivity index (χ0n) is 14.9. The molecule has 12 heteroatoms. The molecule has 0 aromatic heterocycles. The fourth-order valence-electron chi connectivity index (χ4n) is 2.20. The van der Waals surface area contributed by atoms with Crippen molar-refractivity contribution in [3.05, 3.63) is 35.9 Å². The Balaban J connectivity index is 2.91. The van der Waals surface area contributed by atoms with Crippen LogP contribution in [0.1, 0.15) is 18.9 Å². The highest BCUT2D eigenvalue weighted by molar-refractivity contribution is 14.1. The summed E-state index contributed by atoms with van der Waals surface area (Å²) < 4.78 is 92.6. The van der Waals surface area contributed by atoms with Crippen LogP contribution in [-0.4, -0.2) is 46.5 Å². The fraction of sp³-hybridized carbons (Fsp3) is 0.529. The van der Waals surface area contributed by atoms with E-state index in [9.17, 15) is 40.3 Å². The van der Waals surface area contributed by atoms with Gasteiger partial charge in [-0.1, -0.05) is 52.9 Å². The van der Waals surface area contributed by atoms with Crippen LogP contribution in [0.4, 0.5) is 30.7 Å². The number of hydrogen-bond donors (Lipinski definition) is 1. The number of ether oxygens (including phenoxy) is 1. The molecule has 0 aliphatic carbocycles. The molecular weight excluding hydrogens is 526 g/mol. The third-order valence-corrected chi connectivity index (χ3v) is 4.71. The zero-order valence-corrected chi connectivity index (χ0v) is 17.1. The van der Waals surface area contributed by atoms with Crippen molar-refractivity contribution < 1.29 is 45.1 Å². The van der Waals surface area contributed by atoms with Crippen LogP contribution in [0.15, 0.2) is 30.3 Å². The van der Waals surface area contributed by atoms with E-state index in [-0.39, 0.29) is 13.0 Å². The van der Waals surface area contributed by atoms with E-state index in [0.29, 0.717) is 5.56 Å². The summed E-state index contributed by atoms with van der Waals surface area (Å²) in [6.07, 6.45) is -8.65. The second-order valence-electron chi connectivity index (χ2n) is 5.95. The summed E-state index contributed by atoms with van der Waals surface area (Å²) >= 11 is 1.03. The summed E-state index contributed by atoms with van der Waals surface area (Å²) in [5.41, 5.74) is 0.574. The Kier molecular flexibility index (Phi) is 8.72. The summed E-state index contributed by atoms with van der Waals surface area (Å²) in [6, 6.07) is 6.85. The Morgan fingerprint density at radius 3 is 2.10 bits per heavy atom. The number of benzene rings is 1. The van der Waals surface area contributed by atoms with E-state index in [4.69, 9.17) is 4.74 Å². The lowest BCUT2D eigenvalue weighted by Gasteiger charge is -2.29. The van der Waals surface area contributed by atoms with Crippen LogP contribution in [0.5, 0.6) is 0 Å². The highest BCUT2D eigenvalue weighted by atomic mass is 127. The summed E-state index contributed by atoms with van der Waals surface area (Å²) in [7, 11) is 0. The van der Waals surface area contributed by atoms with Crippen LogP contribution >= 0.6 is 22.6 Å². The first-order chi connectivity index (χ1) is 13.2. The summed E-state index contributed by atoms with van der Waals surface area (Å²) in [5.74, 6) is -14.0. The molecule has 0 fully saturated rings. The molecule has 29 heavy (non-hydrogen) atoms. The van der Waals surface area contributed by atoms with Crippen molar-refractivity contribution in [2.45, 2.75) is 47.8 Å². The maximum absolute atomic E-state index is 13.5. The molecule has 0 heterocycles. The van der Waals surface area contributed by atoms with Gasteiger partial charge in [0.1, 0.15) is 6.04 Å². The Hall–Kier alpha value is -1.60. The van der Waals surface area contributed by atoms with Gasteiger partial charge < -0.3 is 10.1 Å². The van der Waals surface area contributed by atoms with Gasteiger partial charge >= 0.3 is 24.0 Å². The van der Waals surface area contributed by atoms with E-state index >= 15 is 0 Å². The van der Waals surface area contributed by atoms with Crippen molar-refractivity contribution in [1.29, 1.82) is 0 Å². The van der Waals surface area contributed by atoms with E-state index in [1.165, 1.54) is 6.92 Å². The molecule has 1 aromatic rings. The SMILES string of the molecule is CCOC(=O)[C@H](Cc1ccccc1)NC(=O)C(I)CC(F)(F)C(F)(F)C(F)(F)F. The van der Waals surface area contributed by atoms with Gasteiger partial charge in [0.05, 0.1) is 10.5 Å². The first kappa shape index (κ1) is 25.4. The Labute approximate surface area is 175 Å². The first-order valence-electron chi connectivity index (χ1n) is 8.20. The molecule has 0 spiro atoms. The molecule has 0 aliphatic rings. The molecule has 4 nitrogen and oxygen atoms in total. The molecule has 164 valence electrons. The number of carbonyl (C=O) groups is 2. The number of alkyl halides is 8. The molecule has 1 N–H and O–H groups in total. The maximum Gasteiger partial charge on any atom is 0.459 e. The predicted molar refractivity (Wildman–Crippen MR) is 97.1 cm³/mol. The third-order valence-electron chi connectivity index (χ3n) is 3.71.